The summed E-state index contributed by atoms with van der Waals surface area (Å²) < 4.78 is 0.835. The van der Waals surface area contributed by atoms with Gasteiger partial charge in [-0.15, -0.1) is 21.8 Å². The second-order valence-corrected chi connectivity index (χ2v) is 6.12. The van der Waals surface area contributed by atoms with Gasteiger partial charge in [-0.25, -0.2) is 0 Å². The minimum atomic E-state index is -0.262. The maximum absolute atomic E-state index is 10.9. The van der Waals surface area contributed by atoms with Crippen LogP contribution in [0.4, 0.5) is 5.13 Å². The van der Waals surface area contributed by atoms with Gasteiger partial charge >= 0.3 is 0 Å². The molecule has 0 aliphatic carbocycles. The summed E-state index contributed by atoms with van der Waals surface area (Å²) in [4.78, 5) is 10.9. The molecule has 78 valence electrons. The molecule has 0 fully saturated rings. The van der Waals surface area contributed by atoms with Crippen LogP contribution in [-0.2, 0) is 4.79 Å². The third kappa shape index (κ3) is 4.04. The van der Waals surface area contributed by atoms with E-state index in [1.54, 1.807) is 21.6 Å². The SMILES string of the molecule is CCSSc1nnc(NC(=O)CCl)s1. The number of hydrogen-bond donors (Lipinski definition) is 1. The highest BCUT2D eigenvalue weighted by Gasteiger charge is 2.07. The molecule has 1 aromatic rings. The van der Waals surface area contributed by atoms with E-state index in [0.717, 1.165) is 10.1 Å². The van der Waals surface area contributed by atoms with Gasteiger partial charge in [-0.1, -0.05) is 29.1 Å². The molecular formula is C6H8ClN3OS3. The first-order valence-corrected chi connectivity index (χ1v) is 7.42. The molecule has 0 saturated heterocycles. The number of anilines is 1. The summed E-state index contributed by atoms with van der Waals surface area (Å²) in [5, 5.41) is 10.7. The molecule has 8 heteroatoms. The van der Waals surface area contributed by atoms with E-state index in [9.17, 15) is 4.79 Å². The molecular weight excluding hydrogens is 262 g/mol. The smallest absolute Gasteiger partial charge is 0.241 e. The standard InChI is InChI=1S/C6H8ClN3OS3/c1-2-12-14-6-10-9-5(13-6)8-4(11)3-7/h2-3H2,1H3,(H,8,9,11). The van der Waals surface area contributed by atoms with Gasteiger partial charge in [0.05, 0.1) is 0 Å². The number of nitrogens with one attached hydrogen (secondary N) is 1. The van der Waals surface area contributed by atoms with Crippen LogP contribution in [0.5, 0.6) is 0 Å². The first-order chi connectivity index (χ1) is 6.76. The lowest BCUT2D eigenvalue weighted by molar-refractivity contribution is -0.113. The van der Waals surface area contributed by atoms with Crippen LogP contribution in [0.3, 0.4) is 0 Å². The summed E-state index contributed by atoms with van der Waals surface area (Å²) in [5.41, 5.74) is 0. The van der Waals surface area contributed by atoms with E-state index in [-0.39, 0.29) is 11.8 Å². The Morgan fingerprint density at radius 2 is 2.43 bits per heavy atom. The van der Waals surface area contributed by atoms with E-state index in [1.807, 2.05) is 0 Å². The van der Waals surface area contributed by atoms with Gasteiger partial charge in [0.25, 0.3) is 0 Å². The second kappa shape index (κ2) is 6.49. The molecule has 0 unspecified atom stereocenters. The average molecular weight is 270 g/mol. The van der Waals surface area contributed by atoms with Crippen LogP contribution in [-0.4, -0.2) is 27.7 Å². The number of carbonyl (C=O) groups excluding carboxylic acids is 1. The summed E-state index contributed by atoms with van der Waals surface area (Å²) in [6, 6.07) is 0. The van der Waals surface area contributed by atoms with Gasteiger partial charge < -0.3 is 0 Å². The lowest BCUT2D eigenvalue weighted by Gasteiger charge is -1.93. The first-order valence-electron chi connectivity index (χ1n) is 3.75. The summed E-state index contributed by atoms with van der Waals surface area (Å²) in [7, 11) is 3.24. The van der Waals surface area contributed by atoms with E-state index >= 15 is 0 Å². The van der Waals surface area contributed by atoms with Crippen molar-refractivity contribution in [3.05, 3.63) is 0 Å². The van der Waals surface area contributed by atoms with Gasteiger partial charge in [-0.3, -0.25) is 10.1 Å². The predicted molar refractivity (Wildman–Crippen MR) is 63.2 cm³/mol. The van der Waals surface area contributed by atoms with Crippen molar-refractivity contribution in [3.8, 4) is 0 Å². The van der Waals surface area contributed by atoms with E-state index in [0.29, 0.717) is 5.13 Å². The summed E-state index contributed by atoms with van der Waals surface area (Å²) in [6.45, 7) is 2.06. The Balaban J connectivity index is 2.46. The van der Waals surface area contributed by atoms with Crippen LogP contribution in [0.25, 0.3) is 0 Å². The monoisotopic (exact) mass is 269 g/mol. The predicted octanol–water partition coefficient (Wildman–Crippen LogP) is 2.48. The van der Waals surface area contributed by atoms with Crippen molar-refractivity contribution in [1.82, 2.24) is 10.2 Å². The largest absolute Gasteiger partial charge is 0.299 e. The normalized spacial score (nSPS) is 10.1. The fraction of sp³-hybridized carbons (Fsp3) is 0.500. The first kappa shape index (κ1) is 12.1. The minimum Gasteiger partial charge on any atom is -0.299 e. The van der Waals surface area contributed by atoms with Gasteiger partial charge in [0.2, 0.25) is 11.0 Å². The number of rotatable bonds is 5. The lowest BCUT2D eigenvalue weighted by Crippen LogP contribution is -2.12. The zero-order chi connectivity index (χ0) is 10.4. The zero-order valence-corrected chi connectivity index (χ0v) is 10.5. The van der Waals surface area contributed by atoms with Crippen molar-refractivity contribution in [3.63, 3.8) is 0 Å². The molecule has 1 heterocycles. The van der Waals surface area contributed by atoms with E-state index < -0.39 is 0 Å². The molecule has 0 aliphatic heterocycles. The molecule has 0 atom stereocenters. The van der Waals surface area contributed by atoms with E-state index in [4.69, 9.17) is 11.6 Å². The zero-order valence-electron chi connectivity index (χ0n) is 7.32. The number of amides is 1. The summed E-state index contributed by atoms with van der Waals surface area (Å²) in [5.74, 6) is 0.682. The quantitative estimate of drug-likeness (QED) is 0.506. The number of halogens is 1. The molecule has 0 saturated carbocycles. The molecule has 1 amide bonds. The molecule has 0 bridgehead atoms. The Labute approximate surface area is 98.6 Å². The Kier molecular flexibility index (Phi) is 5.61. The fourth-order valence-corrected chi connectivity index (χ4v) is 3.28. The number of hydrogen-bond acceptors (Lipinski definition) is 6. The third-order valence-corrected chi connectivity index (χ3v) is 4.83. The van der Waals surface area contributed by atoms with Crippen molar-refractivity contribution in [2.75, 3.05) is 16.9 Å². The molecule has 14 heavy (non-hydrogen) atoms. The highest BCUT2D eigenvalue weighted by Crippen LogP contribution is 2.34. The van der Waals surface area contributed by atoms with Crippen molar-refractivity contribution in [1.29, 1.82) is 0 Å². The fourth-order valence-electron chi connectivity index (χ4n) is 0.556. The molecule has 1 aromatic heterocycles. The maximum Gasteiger partial charge on any atom is 0.241 e. The summed E-state index contributed by atoms with van der Waals surface area (Å²) in [6.07, 6.45) is 0. The van der Waals surface area contributed by atoms with Gasteiger partial charge in [0, 0.05) is 5.75 Å². The van der Waals surface area contributed by atoms with Crippen molar-refractivity contribution in [2.24, 2.45) is 0 Å². The van der Waals surface area contributed by atoms with E-state index in [2.05, 4.69) is 22.4 Å². The van der Waals surface area contributed by atoms with Crippen LogP contribution in [0.2, 0.25) is 0 Å². The lowest BCUT2D eigenvalue weighted by atomic mass is 10.7. The molecule has 0 radical (unpaired) electrons. The van der Waals surface area contributed by atoms with Crippen LogP contribution < -0.4 is 5.32 Å². The molecule has 0 aromatic carbocycles. The van der Waals surface area contributed by atoms with Crippen LogP contribution in [0.15, 0.2) is 4.34 Å². The second-order valence-electron chi connectivity index (χ2n) is 2.04. The molecule has 0 spiro atoms. The van der Waals surface area contributed by atoms with Crippen molar-refractivity contribution < 1.29 is 4.79 Å². The molecule has 4 nitrogen and oxygen atoms in total. The number of carbonyl (C=O) groups is 1. The number of aromatic nitrogens is 2. The summed E-state index contributed by atoms with van der Waals surface area (Å²) >= 11 is 6.67. The Hall–Kier alpha value is 0.0200. The van der Waals surface area contributed by atoms with Crippen molar-refractivity contribution in [2.45, 2.75) is 11.3 Å². The van der Waals surface area contributed by atoms with Gasteiger partial charge in [-0.05, 0) is 10.8 Å². The van der Waals surface area contributed by atoms with Crippen LogP contribution in [0.1, 0.15) is 6.92 Å². The minimum absolute atomic E-state index is 0.0637. The third-order valence-electron chi connectivity index (χ3n) is 1.02. The number of nitrogens with zero attached hydrogens (tertiary/aromatic N) is 2. The molecule has 0 aliphatic rings. The molecule has 1 N–H and O–H groups in total. The average Bonchev–Trinajstić information content (AvgIpc) is 2.62. The van der Waals surface area contributed by atoms with Crippen LogP contribution >= 0.6 is 44.5 Å². The Morgan fingerprint density at radius 1 is 1.64 bits per heavy atom. The van der Waals surface area contributed by atoms with Gasteiger partial charge in [0.1, 0.15) is 5.88 Å². The highest BCUT2D eigenvalue weighted by molar-refractivity contribution is 8.77. The topological polar surface area (TPSA) is 54.9 Å². The molecule has 1 rings (SSSR count). The van der Waals surface area contributed by atoms with Crippen LogP contribution in [0, 0.1) is 0 Å². The highest BCUT2D eigenvalue weighted by atomic mass is 35.5. The number of alkyl halides is 1. The van der Waals surface area contributed by atoms with E-state index in [1.165, 1.54) is 11.3 Å². The van der Waals surface area contributed by atoms with Gasteiger partial charge in [-0.2, -0.15) is 0 Å². The Morgan fingerprint density at radius 3 is 3.07 bits per heavy atom. The Bertz CT molecular complexity index is 306. The van der Waals surface area contributed by atoms with Crippen molar-refractivity contribution >= 4 is 55.6 Å². The van der Waals surface area contributed by atoms with Gasteiger partial charge in [0.15, 0.2) is 4.34 Å². The maximum atomic E-state index is 10.9.